The third kappa shape index (κ3) is 4.43. The van der Waals surface area contributed by atoms with Crippen LogP contribution in [0.2, 0.25) is 0 Å². The van der Waals surface area contributed by atoms with Crippen molar-refractivity contribution in [1.29, 1.82) is 0 Å². The van der Waals surface area contributed by atoms with Crippen LogP contribution >= 0.6 is 0 Å². The number of carbonyl (C=O) groups excluding carboxylic acids is 3. The molecule has 0 saturated carbocycles. The average Bonchev–Trinajstić information content (AvgIpc) is 3.41. The number of aliphatic hydroxyl groups excluding tert-OH is 2. The van der Waals surface area contributed by atoms with Gasteiger partial charge >= 0.3 is 0 Å². The van der Waals surface area contributed by atoms with Crippen LogP contribution in [0.25, 0.3) is 11.1 Å². The fourth-order valence-electron chi connectivity index (χ4n) is 6.76. The van der Waals surface area contributed by atoms with Gasteiger partial charge in [-0.05, 0) is 61.5 Å². The largest absolute Gasteiger partial charge is 0.510 e. The first-order valence-corrected chi connectivity index (χ1v) is 13.8. The van der Waals surface area contributed by atoms with E-state index >= 15 is 0 Å². The molecule has 4 unspecified atom stereocenters. The number of amides is 1. The number of aromatic hydroxyl groups is 1. The van der Waals surface area contributed by atoms with Crippen molar-refractivity contribution in [2.75, 3.05) is 20.6 Å². The van der Waals surface area contributed by atoms with Crippen LogP contribution in [-0.4, -0.2) is 75.1 Å². The standard InChI is InChI=1S/C31H37N3O8/c1-30(2,3)13-33-11-16-9-17(14-6-7-42-12-14)18-8-15-10-19-23(34(4)5)26(37)22(29(32)40)28(39)31(19,41)27(38)20(15)25(36)21(18)24(16)35/h6-7,9,12,15,19,23,33,35,37-38,41H,8,10-11,13H2,1-5H3,(H2,32,40). The molecule has 0 aliphatic heterocycles. The first kappa shape index (κ1) is 29.6. The zero-order valence-electron chi connectivity index (χ0n) is 24.3. The van der Waals surface area contributed by atoms with Crippen molar-refractivity contribution in [2.45, 2.75) is 51.8 Å². The van der Waals surface area contributed by atoms with E-state index in [1.807, 2.05) is 6.07 Å². The number of hydrogen-bond acceptors (Lipinski definition) is 10. The van der Waals surface area contributed by atoms with Crippen molar-refractivity contribution < 1.29 is 39.2 Å². The van der Waals surface area contributed by atoms with Crippen LogP contribution in [0.15, 0.2) is 51.7 Å². The molecular formula is C31H37N3O8. The summed E-state index contributed by atoms with van der Waals surface area (Å²) in [4.78, 5) is 41.4. The van der Waals surface area contributed by atoms with Gasteiger partial charge in [0.25, 0.3) is 5.91 Å². The van der Waals surface area contributed by atoms with E-state index in [1.54, 1.807) is 26.4 Å². The van der Waals surface area contributed by atoms with Gasteiger partial charge in [0.2, 0.25) is 5.78 Å². The maximum Gasteiger partial charge on any atom is 0.255 e. The fraction of sp³-hybridized carbons (Fsp3) is 0.452. The van der Waals surface area contributed by atoms with Gasteiger partial charge in [-0.2, -0.15) is 0 Å². The number of carbonyl (C=O) groups is 3. The van der Waals surface area contributed by atoms with Gasteiger partial charge in [0.1, 0.15) is 22.8 Å². The van der Waals surface area contributed by atoms with E-state index < -0.39 is 58.0 Å². The Labute approximate surface area is 243 Å². The monoisotopic (exact) mass is 579 g/mol. The molecule has 0 radical (unpaired) electrons. The molecule has 0 spiro atoms. The lowest BCUT2D eigenvalue weighted by molar-refractivity contribution is -0.148. The molecule has 11 heteroatoms. The van der Waals surface area contributed by atoms with E-state index in [0.717, 1.165) is 0 Å². The highest BCUT2D eigenvalue weighted by Gasteiger charge is 2.63. The minimum Gasteiger partial charge on any atom is -0.510 e. The van der Waals surface area contributed by atoms with Crippen molar-refractivity contribution >= 4 is 17.5 Å². The molecule has 7 N–H and O–H groups in total. The quantitative estimate of drug-likeness (QED) is 0.278. The molecule has 0 bridgehead atoms. The Hall–Kier alpha value is -3.93. The number of phenols is 1. The number of phenolic OH excluding ortho intramolecular Hbond substituents is 1. The smallest absolute Gasteiger partial charge is 0.255 e. The first-order chi connectivity index (χ1) is 19.6. The number of hydrogen-bond donors (Lipinski definition) is 6. The van der Waals surface area contributed by atoms with Crippen LogP contribution in [0.5, 0.6) is 5.75 Å². The van der Waals surface area contributed by atoms with Gasteiger partial charge in [0, 0.05) is 35.7 Å². The molecule has 2 aromatic rings. The second-order valence-electron chi connectivity index (χ2n) is 12.9. The lowest BCUT2D eigenvalue weighted by Crippen LogP contribution is -2.63. The second-order valence-corrected chi connectivity index (χ2v) is 12.9. The minimum absolute atomic E-state index is 0.0201. The molecule has 0 fully saturated rings. The Kier molecular flexibility index (Phi) is 7.11. The highest BCUT2D eigenvalue weighted by atomic mass is 16.3. The number of likely N-dealkylation sites (N-methyl/N-ethyl adjacent to an activating group) is 1. The summed E-state index contributed by atoms with van der Waals surface area (Å²) in [7, 11) is 3.19. The van der Waals surface area contributed by atoms with Crippen LogP contribution in [-0.2, 0) is 22.6 Å². The van der Waals surface area contributed by atoms with Gasteiger partial charge in [-0.3, -0.25) is 19.3 Å². The molecule has 1 heterocycles. The van der Waals surface area contributed by atoms with Crippen LogP contribution < -0.4 is 11.1 Å². The number of benzene rings is 1. The van der Waals surface area contributed by atoms with E-state index in [-0.39, 0.29) is 41.7 Å². The predicted octanol–water partition coefficient (Wildman–Crippen LogP) is 2.52. The summed E-state index contributed by atoms with van der Waals surface area (Å²) in [6.45, 7) is 7.09. The number of nitrogens with one attached hydrogen (secondary N) is 1. The van der Waals surface area contributed by atoms with Gasteiger partial charge < -0.3 is 35.9 Å². The Morgan fingerprint density at radius 1 is 1.21 bits per heavy atom. The zero-order valence-corrected chi connectivity index (χ0v) is 24.3. The summed E-state index contributed by atoms with van der Waals surface area (Å²) in [6.07, 6.45) is 3.27. The number of allylic oxidation sites excluding steroid dienone is 1. The van der Waals surface area contributed by atoms with Crippen LogP contribution in [0.3, 0.4) is 0 Å². The zero-order chi connectivity index (χ0) is 30.9. The number of nitrogens with two attached hydrogens (primary N) is 1. The lowest BCUT2D eigenvalue weighted by Gasteiger charge is -2.50. The summed E-state index contributed by atoms with van der Waals surface area (Å²) >= 11 is 0. The molecule has 224 valence electrons. The van der Waals surface area contributed by atoms with E-state index in [9.17, 15) is 34.8 Å². The Morgan fingerprint density at radius 2 is 1.90 bits per heavy atom. The Balaban J connectivity index is 1.69. The molecule has 3 aliphatic carbocycles. The van der Waals surface area contributed by atoms with Crippen molar-refractivity contribution in [3.63, 3.8) is 0 Å². The number of primary amides is 1. The van der Waals surface area contributed by atoms with Crippen LogP contribution in [0, 0.1) is 17.3 Å². The molecule has 0 saturated heterocycles. The minimum atomic E-state index is -2.68. The number of aliphatic hydroxyl groups is 3. The number of furan rings is 1. The molecule has 4 atom stereocenters. The number of nitrogens with zero attached hydrogens (tertiary/aromatic N) is 1. The molecule has 11 nitrogen and oxygen atoms in total. The summed E-state index contributed by atoms with van der Waals surface area (Å²) in [5, 5.41) is 49.1. The second kappa shape index (κ2) is 10.1. The van der Waals surface area contributed by atoms with Crippen molar-refractivity contribution in [2.24, 2.45) is 23.0 Å². The van der Waals surface area contributed by atoms with Gasteiger partial charge in [0.15, 0.2) is 11.4 Å². The van der Waals surface area contributed by atoms with E-state index in [1.165, 1.54) is 11.2 Å². The summed E-state index contributed by atoms with van der Waals surface area (Å²) < 4.78 is 5.32. The maximum absolute atomic E-state index is 14.2. The van der Waals surface area contributed by atoms with Crippen molar-refractivity contribution in [3.8, 4) is 16.9 Å². The maximum atomic E-state index is 14.2. The van der Waals surface area contributed by atoms with Crippen molar-refractivity contribution in [3.05, 3.63) is 64.0 Å². The number of rotatable bonds is 6. The normalized spacial score (nSPS) is 25.9. The molecule has 5 rings (SSSR count). The van der Waals surface area contributed by atoms with Crippen LogP contribution in [0.1, 0.15) is 48.7 Å². The summed E-state index contributed by atoms with van der Waals surface area (Å²) in [5.74, 6) is -6.74. The van der Waals surface area contributed by atoms with E-state index in [4.69, 9.17) is 10.2 Å². The SMILES string of the molecule is CN(C)C1C(O)=C(C(N)=O)C(=O)C2(O)C(O)=C3C(=O)c4c(O)c(CNCC(C)(C)C)cc(-c5ccoc5)c4CC3CC12. The molecule has 3 aliphatic rings. The first-order valence-electron chi connectivity index (χ1n) is 13.8. The molecule has 1 aromatic carbocycles. The van der Waals surface area contributed by atoms with Crippen LogP contribution in [0.4, 0.5) is 0 Å². The molecular weight excluding hydrogens is 542 g/mol. The number of Topliss-reactive ketones (excluding diaryl/α,β-unsaturated/α-hetero) is 2. The highest BCUT2D eigenvalue weighted by molar-refractivity contribution is 6.25. The third-order valence-electron chi connectivity index (χ3n) is 8.60. The van der Waals surface area contributed by atoms with E-state index in [2.05, 4.69) is 26.1 Å². The average molecular weight is 580 g/mol. The summed E-state index contributed by atoms with van der Waals surface area (Å²) in [5.41, 5.74) is 4.03. The van der Waals surface area contributed by atoms with Gasteiger partial charge in [-0.1, -0.05) is 20.8 Å². The third-order valence-corrected chi connectivity index (χ3v) is 8.60. The van der Waals surface area contributed by atoms with Gasteiger partial charge in [-0.25, -0.2) is 0 Å². The van der Waals surface area contributed by atoms with E-state index in [0.29, 0.717) is 28.8 Å². The topological polar surface area (TPSA) is 187 Å². The number of fused-ring (bicyclic) bond motifs is 3. The Bertz CT molecular complexity index is 1550. The fourth-order valence-corrected chi connectivity index (χ4v) is 6.76. The summed E-state index contributed by atoms with van der Waals surface area (Å²) in [6, 6.07) is 2.52. The molecule has 42 heavy (non-hydrogen) atoms. The predicted molar refractivity (Wildman–Crippen MR) is 153 cm³/mol. The van der Waals surface area contributed by atoms with Gasteiger partial charge in [0.05, 0.1) is 24.1 Å². The highest BCUT2D eigenvalue weighted by Crippen LogP contribution is 2.53. The van der Waals surface area contributed by atoms with Crippen molar-refractivity contribution in [1.82, 2.24) is 10.2 Å². The molecule has 1 amide bonds. The number of ketones is 2. The Morgan fingerprint density at radius 3 is 2.48 bits per heavy atom. The lowest BCUT2D eigenvalue weighted by atomic mass is 9.58. The van der Waals surface area contributed by atoms with Gasteiger partial charge in [-0.15, -0.1) is 0 Å². The molecule has 1 aromatic heterocycles.